The molecule has 1 fully saturated rings. The van der Waals surface area contributed by atoms with Crippen LogP contribution in [0.2, 0.25) is 0 Å². The topological polar surface area (TPSA) is 53.7 Å². The minimum Gasteiger partial charge on any atom is -0.481 e. The maximum atomic E-state index is 11.0. The molecule has 106 valence electrons. The van der Waals surface area contributed by atoms with Crippen LogP contribution < -0.4 is 0 Å². The van der Waals surface area contributed by atoms with Gasteiger partial charge in [-0.05, 0) is 38.4 Å². The second-order valence-electron chi connectivity index (χ2n) is 5.63. The van der Waals surface area contributed by atoms with Gasteiger partial charge in [-0.15, -0.1) is 0 Å². The zero-order chi connectivity index (χ0) is 14.1. The maximum absolute atomic E-state index is 11.0. The van der Waals surface area contributed by atoms with Crippen LogP contribution in [-0.4, -0.2) is 28.6 Å². The third-order valence-electron chi connectivity index (χ3n) is 4.20. The molecule has 0 spiro atoms. The number of aliphatic carboxylic acids is 1. The van der Waals surface area contributed by atoms with Crippen LogP contribution >= 0.6 is 0 Å². The van der Waals surface area contributed by atoms with Crippen LogP contribution in [0, 0.1) is 5.92 Å². The zero-order valence-electron chi connectivity index (χ0n) is 11.6. The molecule has 2 aromatic rings. The Morgan fingerprint density at radius 3 is 2.95 bits per heavy atom. The Labute approximate surface area is 118 Å². The van der Waals surface area contributed by atoms with E-state index in [0.717, 1.165) is 42.7 Å². The smallest absolute Gasteiger partial charge is 0.306 e. The van der Waals surface area contributed by atoms with Gasteiger partial charge in [-0.25, -0.2) is 0 Å². The number of benzene rings is 1. The van der Waals surface area contributed by atoms with Gasteiger partial charge in [0.25, 0.3) is 0 Å². The van der Waals surface area contributed by atoms with E-state index >= 15 is 0 Å². The fourth-order valence-electron chi connectivity index (χ4n) is 2.99. The number of para-hydroxylation sites is 1. The minimum absolute atomic E-state index is 0.197. The lowest BCUT2D eigenvalue weighted by Gasteiger charge is -2.35. The number of carboxylic acid groups (broad SMARTS) is 1. The van der Waals surface area contributed by atoms with Crippen molar-refractivity contribution in [2.24, 2.45) is 5.92 Å². The number of carbonyl (C=O) groups is 1. The lowest BCUT2D eigenvalue weighted by Crippen LogP contribution is -2.42. The minimum atomic E-state index is -0.666. The first kappa shape index (κ1) is 13.2. The van der Waals surface area contributed by atoms with Crippen molar-refractivity contribution in [2.45, 2.75) is 32.4 Å². The van der Waals surface area contributed by atoms with Gasteiger partial charge in [0.1, 0.15) is 11.3 Å². The van der Waals surface area contributed by atoms with Crippen molar-refractivity contribution in [1.29, 1.82) is 0 Å². The SMILES string of the molecule is C[C@@H]1C[C@H](C(=O)O)CCN1Cc1cc2ccccc2o1. The van der Waals surface area contributed by atoms with E-state index in [2.05, 4.69) is 17.9 Å². The van der Waals surface area contributed by atoms with E-state index in [9.17, 15) is 4.79 Å². The number of hydrogen-bond donors (Lipinski definition) is 1. The van der Waals surface area contributed by atoms with Crippen LogP contribution in [0.15, 0.2) is 34.7 Å². The predicted molar refractivity (Wildman–Crippen MR) is 76.4 cm³/mol. The predicted octanol–water partition coefficient (Wildman–Crippen LogP) is 3.12. The highest BCUT2D eigenvalue weighted by Crippen LogP contribution is 2.26. The van der Waals surface area contributed by atoms with Crippen molar-refractivity contribution >= 4 is 16.9 Å². The first-order valence-corrected chi connectivity index (χ1v) is 7.08. The lowest BCUT2D eigenvalue weighted by atomic mass is 9.92. The molecule has 0 radical (unpaired) electrons. The van der Waals surface area contributed by atoms with Crippen LogP contribution in [0.5, 0.6) is 0 Å². The van der Waals surface area contributed by atoms with Crippen molar-refractivity contribution in [3.63, 3.8) is 0 Å². The molecule has 0 bridgehead atoms. The number of likely N-dealkylation sites (tertiary alicyclic amines) is 1. The van der Waals surface area contributed by atoms with Crippen LogP contribution in [0.1, 0.15) is 25.5 Å². The van der Waals surface area contributed by atoms with Gasteiger partial charge in [-0.3, -0.25) is 9.69 Å². The number of nitrogens with zero attached hydrogens (tertiary/aromatic N) is 1. The Kier molecular flexibility index (Phi) is 3.49. The number of piperidine rings is 1. The molecule has 0 saturated carbocycles. The average molecular weight is 273 g/mol. The molecule has 4 nitrogen and oxygen atoms in total. The number of rotatable bonds is 3. The summed E-state index contributed by atoms with van der Waals surface area (Å²) in [6, 6.07) is 10.3. The van der Waals surface area contributed by atoms with E-state index in [4.69, 9.17) is 9.52 Å². The first-order valence-electron chi connectivity index (χ1n) is 7.08. The molecular weight excluding hydrogens is 254 g/mol. The third-order valence-corrected chi connectivity index (χ3v) is 4.20. The van der Waals surface area contributed by atoms with E-state index in [0.29, 0.717) is 0 Å². The van der Waals surface area contributed by atoms with E-state index in [1.54, 1.807) is 0 Å². The van der Waals surface area contributed by atoms with E-state index in [1.165, 1.54) is 0 Å². The molecule has 1 aliphatic heterocycles. The molecule has 0 amide bonds. The zero-order valence-corrected chi connectivity index (χ0v) is 11.6. The van der Waals surface area contributed by atoms with E-state index < -0.39 is 5.97 Å². The molecule has 2 atom stereocenters. The molecule has 4 heteroatoms. The quantitative estimate of drug-likeness (QED) is 0.933. The van der Waals surface area contributed by atoms with Gasteiger partial charge in [0.2, 0.25) is 0 Å². The van der Waals surface area contributed by atoms with Gasteiger partial charge in [0.15, 0.2) is 0 Å². The Hall–Kier alpha value is -1.81. The fourth-order valence-corrected chi connectivity index (χ4v) is 2.99. The highest BCUT2D eigenvalue weighted by Gasteiger charge is 2.29. The third kappa shape index (κ3) is 2.56. The largest absolute Gasteiger partial charge is 0.481 e. The summed E-state index contributed by atoms with van der Waals surface area (Å²) >= 11 is 0. The molecule has 1 saturated heterocycles. The summed E-state index contributed by atoms with van der Waals surface area (Å²) in [5.74, 6) is 0.0870. The lowest BCUT2D eigenvalue weighted by molar-refractivity contribution is -0.144. The van der Waals surface area contributed by atoms with Gasteiger partial charge < -0.3 is 9.52 Å². The van der Waals surface area contributed by atoms with E-state index in [-0.39, 0.29) is 12.0 Å². The molecule has 3 rings (SSSR count). The standard InChI is InChI=1S/C16H19NO3/c1-11-8-13(16(18)19)6-7-17(11)10-14-9-12-4-2-3-5-15(12)20-14/h2-5,9,11,13H,6-8,10H2,1H3,(H,18,19)/t11-,13-/m1/s1. The summed E-state index contributed by atoms with van der Waals surface area (Å²) in [5, 5.41) is 10.2. The molecule has 0 aliphatic carbocycles. The fraction of sp³-hybridized carbons (Fsp3) is 0.438. The van der Waals surface area contributed by atoms with Gasteiger partial charge in [-0.2, -0.15) is 0 Å². The number of fused-ring (bicyclic) bond motifs is 1. The Bertz CT molecular complexity index is 586. The number of furan rings is 1. The molecule has 20 heavy (non-hydrogen) atoms. The molecule has 2 heterocycles. The number of carboxylic acids is 1. The van der Waals surface area contributed by atoms with Gasteiger partial charge in [0, 0.05) is 11.4 Å². The maximum Gasteiger partial charge on any atom is 0.306 e. The Morgan fingerprint density at radius 2 is 2.25 bits per heavy atom. The molecule has 1 aliphatic rings. The Balaban J connectivity index is 1.70. The van der Waals surface area contributed by atoms with Crippen molar-refractivity contribution in [3.8, 4) is 0 Å². The second-order valence-corrected chi connectivity index (χ2v) is 5.63. The average Bonchev–Trinajstić information content (AvgIpc) is 2.83. The highest BCUT2D eigenvalue weighted by atomic mass is 16.4. The molecule has 1 aromatic carbocycles. The van der Waals surface area contributed by atoms with Crippen LogP contribution in [0.4, 0.5) is 0 Å². The van der Waals surface area contributed by atoms with Crippen molar-refractivity contribution < 1.29 is 14.3 Å². The summed E-state index contributed by atoms with van der Waals surface area (Å²) in [6.07, 6.45) is 1.44. The summed E-state index contributed by atoms with van der Waals surface area (Å²) in [6.45, 7) is 3.66. The van der Waals surface area contributed by atoms with Crippen molar-refractivity contribution in [1.82, 2.24) is 4.90 Å². The second kappa shape index (κ2) is 5.29. The van der Waals surface area contributed by atoms with Crippen LogP contribution in [-0.2, 0) is 11.3 Å². The molecule has 1 aromatic heterocycles. The summed E-state index contributed by atoms with van der Waals surface area (Å²) < 4.78 is 5.84. The van der Waals surface area contributed by atoms with Crippen molar-refractivity contribution in [3.05, 3.63) is 36.1 Å². The Morgan fingerprint density at radius 1 is 1.45 bits per heavy atom. The van der Waals surface area contributed by atoms with Crippen LogP contribution in [0.25, 0.3) is 11.0 Å². The van der Waals surface area contributed by atoms with Gasteiger partial charge >= 0.3 is 5.97 Å². The summed E-state index contributed by atoms with van der Waals surface area (Å²) in [5.41, 5.74) is 0.913. The first-order chi connectivity index (χ1) is 9.63. The monoisotopic (exact) mass is 273 g/mol. The van der Waals surface area contributed by atoms with E-state index in [1.807, 2.05) is 24.3 Å². The van der Waals surface area contributed by atoms with Crippen LogP contribution in [0.3, 0.4) is 0 Å². The van der Waals surface area contributed by atoms with Gasteiger partial charge in [-0.1, -0.05) is 18.2 Å². The summed E-state index contributed by atoms with van der Waals surface area (Å²) in [7, 11) is 0. The molecule has 0 unspecified atom stereocenters. The molecular formula is C16H19NO3. The normalized spacial score (nSPS) is 24.1. The van der Waals surface area contributed by atoms with Gasteiger partial charge in [0.05, 0.1) is 12.5 Å². The number of hydrogen-bond acceptors (Lipinski definition) is 3. The van der Waals surface area contributed by atoms with Crippen molar-refractivity contribution in [2.75, 3.05) is 6.54 Å². The highest BCUT2D eigenvalue weighted by molar-refractivity contribution is 5.77. The summed E-state index contributed by atoms with van der Waals surface area (Å²) in [4.78, 5) is 13.3. The molecule has 1 N–H and O–H groups in total.